The van der Waals surface area contributed by atoms with Gasteiger partial charge in [-0.25, -0.2) is 13.9 Å². The van der Waals surface area contributed by atoms with Crippen LogP contribution in [0.2, 0.25) is 0 Å². The molecule has 1 fully saturated rings. The molecule has 178 valence electrons. The molecule has 15 nitrogen and oxygen atoms in total. The third-order valence-corrected chi connectivity index (χ3v) is 6.69. The van der Waals surface area contributed by atoms with Crippen molar-refractivity contribution >= 4 is 21.5 Å². The Hall–Kier alpha value is -1.22. The molecule has 2 heterocycles. The number of hydrogen-bond acceptors (Lipinski definition) is 11. The number of nitrogen functional groups attached to an aromatic ring is 1. The summed E-state index contributed by atoms with van der Waals surface area (Å²) in [6.45, 7) is -0.672. The molecule has 2 rings (SSSR count). The van der Waals surface area contributed by atoms with E-state index in [0.717, 1.165) is 4.57 Å². The van der Waals surface area contributed by atoms with Gasteiger partial charge < -0.3 is 35.0 Å². The number of rotatable bonds is 10. The Labute approximate surface area is 177 Å². The molecule has 0 saturated carbocycles. The van der Waals surface area contributed by atoms with E-state index in [-0.39, 0.29) is 12.4 Å². The highest BCUT2D eigenvalue weighted by Gasteiger charge is 2.46. The molecule has 0 amide bonds. The summed E-state index contributed by atoms with van der Waals surface area (Å²) >= 11 is 0. The maximum atomic E-state index is 12.7. The molecule has 17 heteroatoms. The van der Waals surface area contributed by atoms with Crippen LogP contribution in [0.1, 0.15) is 6.23 Å². The van der Waals surface area contributed by atoms with Gasteiger partial charge in [0.25, 0.3) is 0 Å². The number of quaternary nitrogens is 1. The summed E-state index contributed by atoms with van der Waals surface area (Å²) in [7, 11) is -4.63. The molecule has 0 aromatic carbocycles. The predicted molar refractivity (Wildman–Crippen MR) is 104 cm³/mol. The Morgan fingerprint density at radius 2 is 1.87 bits per heavy atom. The molecule has 0 bridgehead atoms. The number of ether oxygens (including phenoxy) is 1. The number of aliphatic hydroxyl groups excluding tert-OH is 2. The van der Waals surface area contributed by atoms with Crippen molar-refractivity contribution in [2.75, 3.05) is 46.6 Å². The van der Waals surface area contributed by atoms with Crippen molar-refractivity contribution in [3.63, 3.8) is 0 Å². The molecule has 1 aliphatic heterocycles. The molecule has 0 radical (unpaired) electrons. The molecule has 1 saturated heterocycles. The van der Waals surface area contributed by atoms with E-state index in [0.29, 0.717) is 11.0 Å². The summed E-state index contributed by atoms with van der Waals surface area (Å²) in [4.78, 5) is 33.5. The average Bonchev–Trinajstić information content (AvgIpc) is 2.86. The second-order valence-corrected chi connectivity index (χ2v) is 10.8. The average molecular weight is 489 g/mol. The zero-order valence-electron chi connectivity index (χ0n) is 17.0. The number of nitrogens with zero attached hydrogens (tertiary/aromatic N) is 3. The lowest BCUT2D eigenvalue weighted by Gasteiger charge is -2.25. The number of hydrogen-bond donors (Lipinski definition) is 5. The molecule has 31 heavy (non-hydrogen) atoms. The standard InChI is InChI=1S/C14H26N4O11P2/c1-18(2,3)6-7-26-31(25,29-30(22,23)24)27-8-9-11(19)12(20)13(28-9)17-5-4-10(15)16-14(17)21/h4-5,9,11-13,19-20H,6-8H2,1-3H3,(H3-,15,16,21,22,23,24)/p+1/t9?,11-,12?,13-,31?/m1/s1. The van der Waals surface area contributed by atoms with Crippen molar-refractivity contribution in [1.82, 2.24) is 9.55 Å². The van der Waals surface area contributed by atoms with Gasteiger partial charge >= 0.3 is 21.3 Å². The zero-order valence-corrected chi connectivity index (χ0v) is 18.8. The van der Waals surface area contributed by atoms with E-state index in [1.54, 1.807) is 21.1 Å². The van der Waals surface area contributed by atoms with Gasteiger partial charge in [0.1, 0.15) is 37.3 Å². The van der Waals surface area contributed by atoms with Gasteiger partial charge in [-0.05, 0) is 6.07 Å². The fourth-order valence-electron chi connectivity index (χ4n) is 2.52. The summed E-state index contributed by atoms with van der Waals surface area (Å²) in [5, 5.41) is 20.4. The molecule has 1 aliphatic rings. The van der Waals surface area contributed by atoms with Crippen LogP contribution in [0.5, 0.6) is 0 Å². The van der Waals surface area contributed by atoms with Crippen molar-refractivity contribution in [3.05, 3.63) is 22.7 Å². The molecule has 3 unspecified atom stereocenters. The van der Waals surface area contributed by atoms with Crippen molar-refractivity contribution in [2.45, 2.75) is 24.5 Å². The number of nitrogens with two attached hydrogens (primary N) is 1. The van der Waals surface area contributed by atoms with Gasteiger partial charge in [-0.1, -0.05) is 0 Å². The summed E-state index contributed by atoms with van der Waals surface area (Å²) in [6.07, 6.45) is -4.72. The van der Waals surface area contributed by atoms with Crippen LogP contribution < -0.4 is 11.4 Å². The maximum absolute atomic E-state index is 12.7. The van der Waals surface area contributed by atoms with Crippen molar-refractivity contribution in [1.29, 1.82) is 0 Å². The fraction of sp³-hybridized carbons (Fsp3) is 0.714. The first-order valence-corrected chi connectivity index (χ1v) is 11.9. The smallest absolute Gasteiger partial charge is 0.387 e. The Balaban J connectivity index is 2.10. The van der Waals surface area contributed by atoms with Gasteiger partial charge in [0, 0.05) is 6.20 Å². The SMILES string of the molecule is C[N+](C)(C)CCOP(=O)(OCC1O[C@@H](n2ccc(N)nc2=O)C(O)[C@@H]1O)OP(=O)(O)O. The van der Waals surface area contributed by atoms with Crippen LogP contribution in [-0.4, -0.2) is 93.2 Å². The molecule has 1 aromatic heterocycles. The van der Waals surface area contributed by atoms with Crippen LogP contribution in [0.25, 0.3) is 0 Å². The minimum absolute atomic E-state index is 0.0595. The van der Waals surface area contributed by atoms with Crippen LogP contribution in [0.3, 0.4) is 0 Å². The lowest BCUT2D eigenvalue weighted by atomic mass is 10.1. The van der Waals surface area contributed by atoms with Crippen LogP contribution in [0.15, 0.2) is 17.1 Å². The maximum Gasteiger partial charge on any atom is 0.484 e. The van der Waals surface area contributed by atoms with Crippen LogP contribution >= 0.6 is 15.6 Å². The molecule has 5 atom stereocenters. The Bertz CT molecular complexity index is 914. The van der Waals surface area contributed by atoms with Crippen LogP contribution in [0, 0.1) is 0 Å². The minimum atomic E-state index is -5.26. The van der Waals surface area contributed by atoms with Crippen molar-refractivity contribution in [3.8, 4) is 0 Å². The van der Waals surface area contributed by atoms with E-state index in [2.05, 4.69) is 9.29 Å². The largest absolute Gasteiger partial charge is 0.484 e. The second-order valence-electron chi connectivity index (χ2n) is 7.75. The summed E-state index contributed by atoms with van der Waals surface area (Å²) in [5.41, 5.74) is 4.56. The van der Waals surface area contributed by atoms with Gasteiger partial charge in [0.2, 0.25) is 0 Å². The quantitative estimate of drug-likeness (QED) is 0.185. The molecule has 6 N–H and O–H groups in total. The Morgan fingerprint density at radius 1 is 1.23 bits per heavy atom. The first-order chi connectivity index (χ1) is 14.1. The van der Waals surface area contributed by atoms with Crippen molar-refractivity contribution in [2.24, 2.45) is 0 Å². The number of likely N-dealkylation sites (N-methyl/N-ethyl adjacent to an activating group) is 1. The van der Waals surface area contributed by atoms with Crippen molar-refractivity contribution < 1.29 is 51.7 Å². The van der Waals surface area contributed by atoms with Gasteiger partial charge in [0.05, 0.1) is 27.7 Å². The number of aliphatic hydroxyl groups is 2. The normalized spacial score (nSPS) is 26.7. The van der Waals surface area contributed by atoms with E-state index in [1.807, 2.05) is 0 Å². The van der Waals surface area contributed by atoms with Gasteiger partial charge in [-0.2, -0.15) is 9.29 Å². The Kier molecular flexibility index (Phi) is 8.17. The number of phosphoric acid groups is 2. The number of phosphoric ester groups is 1. The topological polar surface area (TPSA) is 213 Å². The van der Waals surface area contributed by atoms with E-state index < -0.39 is 52.5 Å². The zero-order chi connectivity index (χ0) is 23.6. The summed E-state index contributed by atoms with van der Waals surface area (Å²) in [5.74, 6) is -0.0595. The Morgan fingerprint density at radius 3 is 2.42 bits per heavy atom. The highest BCUT2D eigenvalue weighted by Crippen LogP contribution is 2.61. The summed E-state index contributed by atoms with van der Waals surface area (Å²) < 4.78 is 44.6. The minimum Gasteiger partial charge on any atom is -0.387 e. The first-order valence-electron chi connectivity index (χ1n) is 8.93. The molecule has 1 aromatic rings. The lowest BCUT2D eigenvalue weighted by molar-refractivity contribution is -0.870. The highest BCUT2D eigenvalue weighted by molar-refractivity contribution is 7.61. The van der Waals surface area contributed by atoms with E-state index in [9.17, 15) is 24.1 Å². The monoisotopic (exact) mass is 489 g/mol. The fourth-order valence-corrected chi connectivity index (χ4v) is 4.65. The third kappa shape index (κ3) is 7.70. The van der Waals surface area contributed by atoms with E-state index >= 15 is 0 Å². The number of anilines is 1. The third-order valence-electron chi connectivity index (χ3n) is 4.08. The van der Waals surface area contributed by atoms with Crippen LogP contribution in [0.4, 0.5) is 5.82 Å². The predicted octanol–water partition coefficient (Wildman–Crippen LogP) is -1.60. The first kappa shape index (κ1) is 26.0. The van der Waals surface area contributed by atoms with Gasteiger partial charge in [-0.3, -0.25) is 13.6 Å². The second kappa shape index (κ2) is 9.73. The lowest BCUT2D eigenvalue weighted by Crippen LogP contribution is -2.37. The van der Waals surface area contributed by atoms with Gasteiger partial charge in [0.15, 0.2) is 6.23 Å². The van der Waals surface area contributed by atoms with E-state index in [4.69, 9.17) is 29.3 Å². The molecular formula is C14H27N4O11P2+. The van der Waals surface area contributed by atoms with E-state index in [1.165, 1.54) is 12.3 Å². The van der Waals surface area contributed by atoms with Gasteiger partial charge in [-0.15, -0.1) is 0 Å². The molecule has 0 aliphatic carbocycles. The highest BCUT2D eigenvalue weighted by atomic mass is 31.3. The van der Waals surface area contributed by atoms with Crippen LogP contribution in [-0.2, 0) is 27.2 Å². The molecule has 0 spiro atoms. The number of aromatic nitrogens is 2. The summed E-state index contributed by atoms with van der Waals surface area (Å²) in [6, 6.07) is 1.28. The molecular weight excluding hydrogens is 462 g/mol.